The molecular formula is C12H16N2O3. The van der Waals surface area contributed by atoms with Crippen molar-refractivity contribution in [1.82, 2.24) is 0 Å². The number of hydrogen-bond donors (Lipinski definition) is 1. The number of anilines is 1. The molecule has 0 aromatic heterocycles. The topological polar surface area (TPSA) is 66.6 Å². The van der Waals surface area contributed by atoms with E-state index in [1.54, 1.807) is 13.0 Å². The Morgan fingerprint density at radius 2 is 2.18 bits per heavy atom. The molecule has 1 N–H and O–H groups in total. The van der Waals surface area contributed by atoms with E-state index in [4.69, 9.17) is 0 Å². The molecule has 5 heteroatoms. The fraction of sp³-hybridized carbons (Fsp3) is 0.500. The fourth-order valence-corrected chi connectivity index (χ4v) is 2.21. The summed E-state index contributed by atoms with van der Waals surface area (Å²) < 4.78 is 0. The van der Waals surface area contributed by atoms with Gasteiger partial charge in [0.25, 0.3) is 5.69 Å². The summed E-state index contributed by atoms with van der Waals surface area (Å²) in [7, 11) is 0. The van der Waals surface area contributed by atoms with Crippen molar-refractivity contribution in [1.29, 1.82) is 0 Å². The molecule has 1 aliphatic rings. The van der Waals surface area contributed by atoms with Gasteiger partial charge in [-0.3, -0.25) is 10.1 Å². The second-order valence-electron chi connectivity index (χ2n) is 4.61. The second kappa shape index (κ2) is 4.00. The monoisotopic (exact) mass is 236 g/mol. The van der Waals surface area contributed by atoms with Crippen LogP contribution in [-0.4, -0.2) is 28.7 Å². The number of aliphatic hydroxyl groups is 1. The molecule has 1 aromatic rings. The summed E-state index contributed by atoms with van der Waals surface area (Å²) in [6.07, 6.45) is 0.706. The molecular weight excluding hydrogens is 220 g/mol. The molecule has 0 atom stereocenters. The first-order valence-electron chi connectivity index (χ1n) is 5.68. The van der Waals surface area contributed by atoms with Gasteiger partial charge in [-0.2, -0.15) is 0 Å². The largest absolute Gasteiger partial charge is 0.386 e. The van der Waals surface area contributed by atoms with Crippen LogP contribution in [0.25, 0.3) is 0 Å². The second-order valence-corrected chi connectivity index (χ2v) is 4.61. The Kier molecular flexibility index (Phi) is 2.79. The van der Waals surface area contributed by atoms with Crippen molar-refractivity contribution < 1.29 is 10.0 Å². The molecule has 0 unspecified atom stereocenters. The van der Waals surface area contributed by atoms with Crippen LogP contribution in [0.4, 0.5) is 11.4 Å². The van der Waals surface area contributed by atoms with Crippen LogP contribution in [0, 0.1) is 17.0 Å². The van der Waals surface area contributed by atoms with E-state index in [1.165, 1.54) is 6.07 Å². The van der Waals surface area contributed by atoms with Crippen molar-refractivity contribution in [2.24, 2.45) is 0 Å². The van der Waals surface area contributed by atoms with Crippen LogP contribution in [-0.2, 0) is 0 Å². The average molecular weight is 236 g/mol. The summed E-state index contributed by atoms with van der Waals surface area (Å²) in [6, 6.07) is 5.05. The van der Waals surface area contributed by atoms with E-state index in [2.05, 4.69) is 0 Å². The van der Waals surface area contributed by atoms with Crippen molar-refractivity contribution in [3.8, 4) is 0 Å². The summed E-state index contributed by atoms with van der Waals surface area (Å²) in [4.78, 5) is 12.4. The highest BCUT2D eigenvalue weighted by molar-refractivity contribution is 5.63. The van der Waals surface area contributed by atoms with E-state index in [-0.39, 0.29) is 10.6 Å². The maximum Gasteiger partial charge on any atom is 0.274 e. The molecule has 0 radical (unpaired) electrons. The SMILES string of the molecule is CCC1(O)CN(c2cccc([N+](=O)[O-])c2C)C1. The average Bonchev–Trinajstić information content (AvgIpc) is 2.25. The van der Waals surface area contributed by atoms with Gasteiger partial charge in [0.15, 0.2) is 0 Å². The zero-order valence-corrected chi connectivity index (χ0v) is 10.0. The minimum absolute atomic E-state index is 0.134. The molecule has 0 spiro atoms. The Morgan fingerprint density at radius 3 is 2.71 bits per heavy atom. The minimum atomic E-state index is -0.628. The van der Waals surface area contributed by atoms with Crippen LogP contribution >= 0.6 is 0 Å². The van der Waals surface area contributed by atoms with E-state index in [0.29, 0.717) is 25.1 Å². The van der Waals surface area contributed by atoms with Crippen molar-refractivity contribution in [2.45, 2.75) is 25.9 Å². The number of nitro benzene ring substituents is 1. The molecule has 1 saturated heterocycles. The fourth-order valence-electron chi connectivity index (χ4n) is 2.21. The Balaban J connectivity index is 2.24. The van der Waals surface area contributed by atoms with E-state index in [9.17, 15) is 15.2 Å². The zero-order chi connectivity index (χ0) is 12.6. The molecule has 17 heavy (non-hydrogen) atoms. The summed E-state index contributed by atoms with van der Waals surface area (Å²) in [5.41, 5.74) is 1.01. The number of nitrogens with zero attached hydrogens (tertiary/aromatic N) is 2. The highest BCUT2D eigenvalue weighted by atomic mass is 16.6. The number of β-amino-alcohol motifs (C(OH)–C–C–N with tert-alkyl or cyclic N) is 1. The lowest BCUT2D eigenvalue weighted by Gasteiger charge is -2.48. The van der Waals surface area contributed by atoms with Gasteiger partial charge in [-0.25, -0.2) is 0 Å². The van der Waals surface area contributed by atoms with Gasteiger partial charge in [0.05, 0.1) is 16.1 Å². The molecule has 0 saturated carbocycles. The van der Waals surface area contributed by atoms with Crippen LogP contribution in [0.1, 0.15) is 18.9 Å². The highest BCUT2D eigenvalue weighted by Crippen LogP contribution is 2.35. The van der Waals surface area contributed by atoms with Gasteiger partial charge in [0, 0.05) is 24.8 Å². The predicted octanol–water partition coefficient (Wildman–Crippen LogP) is 1.86. The van der Waals surface area contributed by atoms with Crippen molar-refractivity contribution in [3.63, 3.8) is 0 Å². The quantitative estimate of drug-likeness (QED) is 0.642. The molecule has 0 bridgehead atoms. The molecule has 92 valence electrons. The minimum Gasteiger partial charge on any atom is -0.386 e. The molecule has 1 aliphatic heterocycles. The van der Waals surface area contributed by atoms with Gasteiger partial charge in [-0.05, 0) is 19.4 Å². The van der Waals surface area contributed by atoms with E-state index >= 15 is 0 Å². The third-order valence-corrected chi connectivity index (χ3v) is 3.44. The first-order valence-corrected chi connectivity index (χ1v) is 5.68. The number of nitro groups is 1. The number of benzene rings is 1. The standard InChI is InChI=1S/C12H16N2O3/c1-3-12(15)7-13(8-12)10-5-4-6-11(9(10)2)14(16)17/h4-6,15H,3,7-8H2,1-2H3. The summed E-state index contributed by atoms with van der Waals surface area (Å²) >= 11 is 0. The lowest BCUT2D eigenvalue weighted by molar-refractivity contribution is -0.385. The predicted molar refractivity (Wildman–Crippen MR) is 65.3 cm³/mol. The maximum absolute atomic E-state index is 10.8. The smallest absolute Gasteiger partial charge is 0.274 e. The lowest BCUT2D eigenvalue weighted by Crippen LogP contribution is -2.61. The first-order chi connectivity index (χ1) is 7.97. The van der Waals surface area contributed by atoms with Crippen molar-refractivity contribution >= 4 is 11.4 Å². The molecule has 0 amide bonds. The molecule has 2 rings (SSSR count). The van der Waals surface area contributed by atoms with Crippen LogP contribution < -0.4 is 4.90 Å². The Labute approximate surface area is 99.8 Å². The number of hydrogen-bond acceptors (Lipinski definition) is 4. The lowest BCUT2D eigenvalue weighted by atomic mass is 9.90. The molecule has 1 fully saturated rings. The Bertz CT molecular complexity index is 453. The van der Waals surface area contributed by atoms with E-state index in [0.717, 1.165) is 5.69 Å². The van der Waals surface area contributed by atoms with Gasteiger partial charge in [-0.1, -0.05) is 13.0 Å². The van der Waals surface area contributed by atoms with E-state index < -0.39 is 5.60 Å². The van der Waals surface area contributed by atoms with E-state index in [1.807, 2.05) is 17.9 Å². The van der Waals surface area contributed by atoms with Gasteiger partial charge >= 0.3 is 0 Å². The van der Waals surface area contributed by atoms with Crippen LogP contribution in [0.15, 0.2) is 18.2 Å². The van der Waals surface area contributed by atoms with Crippen LogP contribution in [0.5, 0.6) is 0 Å². The van der Waals surface area contributed by atoms with Crippen molar-refractivity contribution in [2.75, 3.05) is 18.0 Å². The highest BCUT2D eigenvalue weighted by Gasteiger charge is 2.40. The third-order valence-electron chi connectivity index (χ3n) is 3.44. The number of rotatable bonds is 3. The molecule has 1 aromatic carbocycles. The normalized spacial score (nSPS) is 17.7. The van der Waals surface area contributed by atoms with Gasteiger partial charge in [0.2, 0.25) is 0 Å². The molecule has 5 nitrogen and oxygen atoms in total. The van der Waals surface area contributed by atoms with Gasteiger partial charge in [0.1, 0.15) is 0 Å². The van der Waals surface area contributed by atoms with Crippen LogP contribution in [0.2, 0.25) is 0 Å². The summed E-state index contributed by atoms with van der Waals surface area (Å²) in [5, 5.41) is 20.8. The summed E-state index contributed by atoms with van der Waals surface area (Å²) in [6.45, 7) is 4.78. The Hall–Kier alpha value is -1.62. The van der Waals surface area contributed by atoms with Crippen molar-refractivity contribution in [3.05, 3.63) is 33.9 Å². The molecule has 1 heterocycles. The Morgan fingerprint density at radius 1 is 1.53 bits per heavy atom. The summed E-state index contributed by atoms with van der Waals surface area (Å²) in [5.74, 6) is 0. The zero-order valence-electron chi connectivity index (χ0n) is 10.0. The maximum atomic E-state index is 10.8. The first kappa shape index (κ1) is 11.9. The third kappa shape index (κ3) is 1.98. The van der Waals surface area contributed by atoms with Gasteiger partial charge in [-0.15, -0.1) is 0 Å². The molecule has 0 aliphatic carbocycles. The van der Waals surface area contributed by atoms with Gasteiger partial charge < -0.3 is 10.0 Å². The van der Waals surface area contributed by atoms with Crippen LogP contribution in [0.3, 0.4) is 0 Å².